The third-order valence-electron chi connectivity index (χ3n) is 3.29. The molecule has 6 nitrogen and oxygen atoms in total. The van der Waals surface area contributed by atoms with E-state index in [-0.39, 0.29) is 6.42 Å². The van der Waals surface area contributed by atoms with Crippen molar-refractivity contribution in [3.63, 3.8) is 0 Å². The van der Waals surface area contributed by atoms with Crippen LogP contribution in [0.15, 0.2) is 18.2 Å². The fourth-order valence-corrected chi connectivity index (χ4v) is 3.65. The fraction of sp³-hybridized carbons (Fsp3) is 0.417. The fourth-order valence-electron chi connectivity index (χ4n) is 2.31. The predicted octanol–water partition coefficient (Wildman–Crippen LogP) is 1.60. The summed E-state index contributed by atoms with van der Waals surface area (Å²) in [6, 6.07) is 4.58. The van der Waals surface area contributed by atoms with Crippen molar-refractivity contribution in [1.29, 1.82) is 0 Å². The number of halogens is 1. The number of hydrogen-bond acceptors (Lipinski definition) is 5. The molecule has 108 valence electrons. The second-order valence-corrected chi connectivity index (χ2v) is 7.00. The van der Waals surface area contributed by atoms with E-state index in [0.29, 0.717) is 34.6 Å². The number of fused-ring (bicyclic) bond motifs is 1. The third kappa shape index (κ3) is 2.31. The monoisotopic (exact) mass is 317 g/mol. The highest BCUT2D eigenvalue weighted by atomic mass is 35.7. The molecule has 0 spiro atoms. The zero-order valence-electron chi connectivity index (χ0n) is 10.4. The Morgan fingerprint density at radius 1 is 1.20 bits per heavy atom. The number of benzene rings is 1. The van der Waals surface area contributed by atoms with Crippen molar-refractivity contribution in [2.24, 2.45) is 0 Å². The second-order valence-electron chi connectivity index (χ2n) is 4.61. The van der Waals surface area contributed by atoms with E-state index in [1.54, 1.807) is 18.2 Å². The van der Waals surface area contributed by atoms with Crippen LogP contribution in [0.25, 0.3) is 0 Å². The molecule has 1 fully saturated rings. The number of ether oxygens (including phenoxy) is 2. The Morgan fingerprint density at radius 3 is 2.55 bits per heavy atom. The maximum Gasteiger partial charge on any atom is 0.324 e. The van der Waals surface area contributed by atoms with Gasteiger partial charge in [-0.15, -0.1) is 0 Å². The highest BCUT2D eigenvalue weighted by Gasteiger charge is 2.44. The van der Waals surface area contributed by atoms with Crippen LogP contribution >= 0.6 is 10.7 Å². The minimum Gasteiger partial charge on any atom is -0.490 e. The van der Waals surface area contributed by atoms with Crippen molar-refractivity contribution in [3.05, 3.63) is 23.8 Å². The van der Waals surface area contributed by atoms with Gasteiger partial charge >= 0.3 is 9.24 Å². The van der Waals surface area contributed by atoms with Gasteiger partial charge in [0.05, 0.1) is 25.7 Å². The van der Waals surface area contributed by atoms with Crippen LogP contribution in [0.1, 0.15) is 24.4 Å². The normalized spacial score (nSPS) is 22.1. The molecular formula is C12H12ClNO5S. The molecule has 0 aliphatic carbocycles. The molecule has 1 amide bonds. The summed E-state index contributed by atoms with van der Waals surface area (Å²) >= 11 is 0. The third-order valence-corrected chi connectivity index (χ3v) is 4.66. The molecule has 1 atom stereocenters. The van der Waals surface area contributed by atoms with Crippen molar-refractivity contribution in [1.82, 2.24) is 4.31 Å². The van der Waals surface area contributed by atoms with Crippen LogP contribution in [0.2, 0.25) is 0 Å². The van der Waals surface area contributed by atoms with Gasteiger partial charge in [-0.3, -0.25) is 4.79 Å². The molecule has 1 unspecified atom stereocenters. The first kappa shape index (κ1) is 13.5. The molecule has 1 saturated heterocycles. The van der Waals surface area contributed by atoms with Gasteiger partial charge in [0.25, 0.3) is 0 Å². The van der Waals surface area contributed by atoms with Gasteiger partial charge in [0, 0.05) is 17.1 Å². The number of carbonyl (C=O) groups is 1. The van der Waals surface area contributed by atoms with Crippen molar-refractivity contribution in [3.8, 4) is 11.5 Å². The second kappa shape index (κ2) is 4.82. The molecule has 8 heteroatoms. The van der Waals surface area contributed by atoms with Gasteiger partial charge < -0.3 is 9.47 Å². The van der Waals surface area contributed by atoms with Crippen molar-refractivity contribution < 1.29 is 22.7 Å². The van der Waals surface area contributed by atoms with Crippen LogP contribution in [0.4, 0.5) is 0 Å². The average Bonchev–Trinajstić information content (AvgIpc) is 2.57. The lowest BCUT2D eigenvalue weighted by Crippen LogP contribution is -2.47. The van der Waals surface area contributed by atoms with E-state index in [4.69, 9.17) is 20.2 Å². The molecule has 2 aliphatic heterocycles. The molecule has 1 aromatic rings. The molecule has 2 aliphatic rings. The van der Waals surface area contributed by atoms with E-state index < -0.39 is 21.2 Å². The van der Waals surface area contributed by atoms with E-state index in [0.717, 1.165) is 6.42 Å². The van der Waals surface area contributed by atoms with Crippen LogP contribution in [0, 0.1) is 0 Å². The quantitative estimate of drug-likeness (QED) is 0.612. The molecule has 0 radical (unpaired) electrons. The molecular weight excluding hydrogens is 306 g/mol. The van der Waals surface area contributed by atoms with Gasteiger partial charge in [-0.2, -0.15) is 8.42 Å². The lowest BCUT2D eigenvalue weighted by Gasteiger charge is -2.37. The predicted molar refractivity (Wildman–Crippen MR) is 71.0 cm³/mol. The van der Waals surface area contributed by atoms with Crippen LogP contribution in [-0.4, -0.2) is 31.8 Å². The zero-order valence-corrected chi connectivity index (χ0v) is 12.0. The summed E-state index contributed by atoms with van der Waals surface area (Å²) in [5.41, 5.74) is 0.665. The van der Waals surface area contributed by atoms with Gasteiger partial charge in [-0.1, -0.05) is 6.07 Å². The molecule has 0 N–H and O–H groups in total. The smallest absolute Gasteiger partial charge is 0.324 e. The summed E-state index contributed by atoms with van der Waals surface area (Å²) in [5, 5.41) is 0. The van der Waals surface area contributed by atoms with Gasteiger partial charge in [0.2, 0.25) is 5.91 Å². The van der Waals surface area contributed by atoms with Gasteiger partial charge in [-0.25, -0.2) is 4.31 Å². The summed E-state index contributed by atoms with van der Waals surface area (Å²) < 4.78 is 34.5. The minimum absolute atomic E-state index is 0.117. The summed E-state index contributed by atoms with van der Waals surface area (Å²) in [6.45, 7) is 1.12. The Kier molecular flexibility index (Phi) is 3.25. The first-order valence-corrected chi connectivity index (χ1v) is 8.40. The van der Waals surface area contributed by atoms with E-state index in [1.807, 2.05) is 0 Å². The Morgan fingerprint density at radius 2 is 1.90 bits per heavy atom. The minimum atomic E-state index is -4.06. The lowest BCUT2D eigenvalue weighted by molar-refractivity contribution is -0.137. The zero-order chi connectivity index (χ0) is 14.3. The Hall–Kier alpha value is -1.47. The molecule has 0 aromatic heterocycles. The molecule has 0 saturated carbocycles. The first-order chi connectivity index (χ1) is 9.47. The van der Waals surface area contributed by atoms with Crippen molar-refractivity contribution in [2.45, 2.75) is 18.9 Å². The highest BCUT2D eigenvalue weighted by molar-refractivity contribution is 8.12. The van der Waals surface area contributed by atoms with E-state index in [1.165, 1.54) is 0 Å². The lowest BCUT2D eigenvalue weighted by atomic mass is 9.97. The van der Waals surface area contributed by atoms with Crippen LogP contribution < -0.4 is 9.47 Å². The van der Waals surface area contributed by atoms with E-state index >= 15 is 0 Å². The summed E-state index contributed by atoms with van der Waals surface area (Å²) in [6.07, 6.45) is 0.902. The van der Waals surface area contributed by atoms with Crippen LogP contribution in [0.3, 0.4) is 0 Å². The van der Waals surface area contributed by atoms with Crippen LogP contribution in [0.5, 0.6) is 11.5 Å². The van der Waals surface area contributed by atoms with Crippen molar-refractivity contribution >= 4 is 25.8 Å². The van der Waals surface area contributed by atoms with E-state index in [2.05, 4.69) is 0 Å². The summed E-state index contributed by atoms with van der Waals surface area (Å²) in [5.74, 6) is 0.681. The maximum absolute atomic E-state index is 11.4. The Balaban J connectivity index is 1.92. The Labute approximate surface area is 120 Å². The number of rotatable bonds is 2. The van der Waals surface area contributed by atoms with Gasteiger partial charge in [0.15, 0.2) is 11.5 Å². The molecule has 1 aromatic carbocycles. The topological polar surface area (TPSA) is 72.9 Å². The summed E-state index contributed by atoms with van der Waals surface area (Å²) in [4.78, 5) is 11.4. The van der Waals surface area contributed by atoms with Gasteiger partial charge in [-0.05, 0) is 17.7 Å². The average molecular weight is 318 g/mol. The molecule has 0 bridgehead atoms. The van der Waals surface area contributed by atoms with Gasteiger partial charge in [0.1, 0.15) is 0 Å². The number of amides is 1. The standard InChI is InChI=1S/C12H12ClNO5S/c13-20(16,17)14-9(7-12(14)15)8-2-3-10-11(6-8)19-5-1-4-18-10/h2-3,6,9H,1,4-5,7H2. The largest absolute Gasteiger partial charge is 0.490 e. The summed E-state index contributed by atoms with van der Waals surface area (Å²) in [7, 11) is 1.21. The first-order valence-electron chi connectivity index (χ1n) is 6.13. The Bertz CT molecular complexity index is 660. The number of hydrogen-bond donors (Lipinski definition) is 0. The van der Waals surface area contributed by atoms with E-state index in [9.17, 15) is 13.2 Å². The number of carbonyl (C=O) groups excluding carboxylic acids is 1. The SMILES string of the molecule is O=C1CC(c2ccc3c(c2)OCCCO3)N1S(=O)(=O)Cl. The maximum atomic E-state index is 11.4. The van der Waals surface area contributed by atoms with Crippen molar-refractivity contribution in [2.75, 3.05) is 13.2 Å². The highest BCUT2D eigenvalue weighted by Crippen LogP contribution is 2.41. The van der Waals surface area contributed by atoms with Crippen LogP contribution in [-0.2, 0) is 14.0 Å². The molecule has 20 heavy (non-hydrogen) atoms. The molecule has 3 rings (SSSR count). The number of β-lactam (4-membered cyclic amide) rings is 1. The number of nitrogens with zero attached hydrogens (tertiary/aromatic N) is 1. The molecule has 2 heterocycles.